The molecule has 26 heavy (non-hydrogen) atoms. The number of aliphatic hydroxyl groups excluding tert-OH is 1. The quantitative estimate of drug-likeness (QED) is 0.592. The normalized spacial score (nSPS) is 20.4. The second-order valence-corrected chi connectivity index (χ2v) is 7.06. The minimum atomic E-state index is -0.497. The summed E-state index contributed by atoms with van der Waals surface area (Å²) >= 11 is 0. The summed E-state index contributed by atoms with van der Waals surface area (Å²) in [6.07, 6.45) is 10.7. The lowest BCUT2D eigenvalue weighted by Gasteiger charge is -2.16. The monoisotopic (exact) mass is 358 g/mol. The Labute approximate surface area is 156 Å². The Morgan fingerprint density at radius 3 is 2.77 bits per heavy atom. The first-order chi connectivity index (χ1) is 12.7. The van der Waals surface area contributed by atoms with E-state index in [0.717, 1.165) is 36.3 Å². The van der Waals surface area contributed by atoms with Crippen molar-refractivity contribution in [3.05, 3.63) is 47.2 Å². The Morgan fingerprint density at radius 2 is 2.04 bits per heavy atom. The molecule has 0 aromatic heterocycles. The van der Waals surface area contributed by atoms with Gasteiger partial charge < -0.3 is 15.2 Å². The highest BCUT2D eigenvalue weighted by molar-refractivity contribution is 5.58. The lowest BCUT2D eigenvalue weighted by Crippen LogP contribution is -2.33. The molecule has 3 rings (SSSR count). The van der Waals surface area contributed by atoms with Crippen LogP contribution in [0.15, 0.2) is 41.6 Å². The van der Waals surface area contributed by atoms with E-state index in [1.807, 2.05) is 12.1 Å². The van der Waals surface area contributed by atoms with Crippen molar-refractivity contribution >= 4 is 6.08 Å². The fraction of sp³-hybridized carbons (Fsp3) is 0.524. The van der Waals surface area contributed by atoms with Gasteiger partial charge in [0.1, 0.15) is 12.4 Å². The van der Waals surface area contributed by atoms with Crippen molar-refractivity contribution in [3.63, 3.8) is 0 Å². The van der Waals surface area contributed by atoms with Gasteiger partial charge in [0.05, 0.1) is 18.9 Å². The number of hydrogen-bond donors (Lipinski definition) is 3. The SMILES string of the molecule is COc1ccc(C=C2CCCCC=C2NOC[C@@H](O)CNC2CC2)cc1. The third-order valence-electron chi connectivity index (χ3n) is 4.73. The van der Waals surface area contributed by atoms with Crippen LogP contribution in [0.3, 0.4) is 0 Å². The first-order valence-electron chi connectivity index (χ1n) is 9.59. The second kappa shape index (κ2) is 9.76. The van der Waals surface area contributed by atoms with E-state index in [-0.39, 0.29) is 6.61 Å². The van der Waals surface area contributed by atoms with Crippen LogP contribution >= 0.6 is 0 Å². The molecule has 0 spiro atoms. The van der Waals surface area contributed by atoms with Crippen LogP contribution in [-0.2, 0) is 4.84 Å². The molecule has 3 N–H and O–H groups in total. The molecule has 1 saturated carbocycles. The van der Waals surface area contributed by atoms with Crippen LogP contribution in [0.2, 0.25) is 0 Å². The first kappa shape index (κ1) is 19.0. The average Bonchev–Trinajstić information content (AvgIpc) is 3.49. The topological polar surface area (TPSA) is 62.8 Å². The number of nitrogens with one attached hydrogen (secondary N) is 2. The molecule has 1 aromatic carbocycles. The van der Waals surface area contributed by atoms with Crippen LogP contribution in [0.25, 0.3) is 6.08 Å². The summed E-state index contributed by atoms with van der Waals surface area (Å²) in [7, 11) is 1.68. The molecular weight excluding hydrogens is 328 g/mol. The number of benzene rings is 1. The fourth-order valence-electron chi connectivity index (χ4n) is 3.00. The molecule has 1 aromatic rings. The largest absolute Gasteiger partial charge is 0.497 e. The third-order valence-corrected chi connectivity index (χ3v) is 4.73. The molecule has 1 fully saturated rings. The van der Waals surface area contributed by atoms with Gasteiger partial charge in [0, 0.05) is 12.6 Å². The fourth-order valence-corrected chi connectivity index (χ4v) is 3.00. The standard InChI is InChI=1S/C21H30N2O3/c1-25-20-11-7-16(8-12-20)13-17-5-3-2-4-6-21(17)23-26-15-19(24)14-22-18-9-10-18/h6-8,11-13,18-19,22-24H,2-5,9-10,14-15H2,1H3/t19-/m0/s1. The van der Waals surface area contributed by atoms with E-state index in [2.05, 4.69) is 35.1 Å². The second-order valence-electron chi connectivity index (χ2n) is 7.06. The van der Waals surface area contributed by atoms with E-state index in [0.29, 0.717) is 12.6 Å². The molecule has 5 nitrogen and oxygen atoms in total. The minimum Gasteiger partial charge on any atom is -0.497 e. The van der Waals surface area contributed by atoms with Gasteiger partial charge in [-0.25, -0.2) is 0 Å². The van der Waals surface area contributed by atoms with Gasteiger partial charge >= 0.3 is 0 Å². The summed E-state index contributed by atoms with van der Waals surface area (Å²) < 4.78 is 5.22. The number of hydrogen-bond acceptors (Lipinski definition) is 5. The van der Waals surface area contributed by atoms with Crippen LogP contribution in [0.5, 0.6) is 5.75 Å². The maximum Gasteiger partial charge on any atom is 0.118 e. The summed E-state index contributed by atoms with van der Waals surface area (Å²) in [4.78, 5) is 5.58. The molecule has 0 saturated heterocycles. The van der Waals surface area contributed by atoms with E-state index in [4.69, 9.17) is 9.57 Å². The highest BCUT2D eigenvalue weighted by Gasteiger charge is 2.21. The van der Waals surface area contributed by atoms with Crippen LogP contribution in [-0.4, -0.2) is 37.5 Å². The molecule has 0 aliphatic heterocycles. The molecule has 0 unspecified atom stereocenters. The number of aliphatic hydroxyl groups is 1. The van der Waals surface area contributed by atoms with E-state index in [1.165, 1.54) is 24.8 Å². The van der Waals surface area contributed by atoms with Crippen molar-refractivity contribution in [2.45, 2.75) is 50.7 Å². The molecule has 0 amide bonds. The van der Waals surface area contributed by atoms with E-state index in [1.54, 1.807) is 7.11 Å². The van der Waals surface area contributed by atoms with Crippen LogP contribution < -0.4 is 15.5 Å². The summed E-state index contributed by atoms with van der Waals surface area (Å²) in [5.74, 6) is 0.860. The number of allylic oxidation sites excluding steroid dienone is 2. The summed E-state index contributed by atoms with van der Waals surface area (Å²) in [6, 6.07) is 8.66. The summed E-state index contributed by atoms with van der Waals surface area (Å²) in [5.41, 5.74) is 6.46. The van der Waals surface area contributed by atoms with Crippen molar-refractivity contribution in [1.82, 2.24) is 10.8 Å². The molecule has 2 aliphatic carbocycles. The Bertz CT molecular complexity index is 621. The zero-order valence-electron chi connectivity index (χ0n) is 15.5. The number of hydroxylamine groups is 1. The van der Waals surface area contributed by atoms with E-state index < -0.39 is 6.10 Å². The van der Waals surface area contributed by atoms with Gasteiger partial charge in [-0.2, -0.15) is 0 Å². The van der Waals surface area contributed by atoms with Gasteiger partial charge in [0.15, 0.2) is 0 Å². The van der Waals surface area contributed by atoms with Crippen LogP contribution in [0.4, 0.5) is 0 Å². The zero-order valence-corrected chi connectivity index (χ0v) is 15.5. The van der Waals surface area contributed by atoms with Gasteiger partial charge in [-0.1, -0.05) is 18.2 Å². The Hall–Kier alpha value is -1.82. The number of methoxy groups -OCH3 is 1. The van der Waals surface area contributed by atoms with Gasteiger partial charge in [0.2, 0.25) is 0 Å². The molecule has 5 heteroatoms. The number of rotatable bonds is 9. The highest BCUT2D eigenvalue weighted by atomic mass is 16.6. The molecule has 2 aliphatic rings. The lowest BCUT2D eigenvalue weighted by atomic mass is 10.0. The van der Waals surface area contributed by atoms with E-state index >= 15 is 0 Å². The Kier molecular flexibility index (Phi) is 7.12. The lowest BCUT2D eigenvalue weighted by molar-refractivity contribution is -0.00436. The molecule has 0 heterocycles. The van der Waals surface area contributed by atoms with Gasteiger partial charge in [-0.15, -0.1) is 0 Å². The summed E-state index contributed by atoms with van der Waals surface area (Å²) in [5, 5.41) is 13.3. The van der Waals surface area contributed by atoms with Gasteiger partial charge in [0.25, 0.3) is 0 Å². The predicted molar refractivity (Wildman–Crippen MR) is 104 cm³/mol. The molecule has 142 valence electrons. The van der Waals surface area contributed by atoms with E-state index in [9.17, 15) is 5.11 Å². The Balaban J connectivity index is 1.55. The van der Waals surface area contributed by atoms with Crippen molar-refractivity contribution in [1.29, 1.82) is 0 Å². The maximum atomic E-state index is 9.99. The molecular formula is C21H30N2O3. The third kappa shape index (κ3) is 6.16. The number of ether oxygens (including phenoxy) is 1. The minimum absolute atomic E-state index is 0.271. The van der Waals surface area contributed by atoms with Gasteiger partial charge in [-0.3, -0.25) is 10.3 Å². The van der Waals surface area contributed by atoms with Crippen molar-refractivity contribution in [2.75, 3.05) is 20.3 Å². The molecule has 0 radical (unpaired) electrons. The zero-order chi connectivity index (χ0) is 18.2. The Morgan fingerprint density at radius 1 is 1.23 bits per heavy atom. The van der Waals surface area contributed by atoms with Gasteiger partial charge in [-0.05, 0) is 67.9 Å². The predicted octanol–water partition coefficient (Wildman–Crippen LogP) is 3.17. The van der Waals surface area contributed by atoms with Crippen molar-refractivity contribution in [2.24, 2.45) is 0 Å². The first-order valence-corrected chi connectivity index (χ1v) is 9.59. The molecule has 1 atom stereocenters. The van der Waals surface area contributed by atoms with Crippen molar-refractivity contribution in [3.8, 4) is 5.75 Å². The van der Waals surface area contributed by atoms with Crippen molar-refractivity contribution < 1.29 is 14.7 Å². The van der Waals surface area contributed by atoms with Crippen LogP contribution in [0, 0.1) is 0 Å². The van der Waals surface area contributed by atoms with Crippen LogP contribution in [0.1, 0.15) is 44.1 Å². The smallest absolute Gasteiger partial charge is 0.118 e. The molecule has 0 bridgehead atoms. The maximum absolute atomic E-state index is 9.99. The average molecular weight is 358 g/mol. The highest BCUT2D eigenvalue weighted by Crippen LogP contribution is 2.25. The summed E-state index contributed by atoms with van der Waals surface area (Å²) in [6.45, 7) is 0.854.